The Bertz CT molecular complexity index is 422. The maximum absolute atomic E-state index is 12.6. The highest BCUT2D eigenvalue weighted by Crippen LogP contribution is 2.34. The maximum atomic E-state index is 12.6. The molecule has 0 spiro atoms. The van der Waals surface area contributed by atoms with Gasteiger partial charge in [0.05, 0.1) is 12.7 Å². The second-order valence-electron chi connectivity index (χ2n) is 3.98. The van der Waals surface area contributed by atoms with Crippen LogP contribution >= 0.6 is 12.4 Å². The first-order valence-corrected chi connectivity index (χ1v) is 5.59. The van der Waals surface area contributed by atoms with Crippen molar-refractivity contribution in [2.45, 2.75) is 6.18 Å². The summed E-state index contributed by atoms with van der Waals surface area (Å²) in [6.45, 7) is 2.97. The molecule has 0 aliphatic carbocycles. The number of aromatic nitrogens is 1. The fraction of sp³-hybridized carbons (Fsp3) is 0.545. The summed E-state index contributed by atoms with van der Waals surface area (Å²) in [5.74, 6) is 0.624. The minimum Gasteiger partial charge on any atom is -0.493 e. The van der Waals surface area contributed by atoms with Gasteiger partial charge in [-0.05, 0) is 6.07 Å². The van der Waals surface area contributed by atoms with Gasteiger partial charge in [-0.1, -0.05) is 0 Å². The highest BCUT2D eigenvalue weighted by Gasteiger charge is 2.32. The summed E-state index contributed by atoms with van der Waals surface area (Å²) in [4.78, 5) is 5.80. The van der Waals surface area contributed by atoms with E-state index in [1.165, 1.54) is 7.11 Å². The Morgan fingerprint density at radius 1 is 1.32 bits per heavy atom. The number of piperazine rings is 1. The average molecular weight is 298 g/mol. The van der Waals surface area contributed by atoms with Crippen LogP contribution in [-0.4, -0.2) is 38.3 Å². The quantitative estimate of drug-likeness (QED) is 0.905. The predicted octanol–water partition coefficient (Wildman–Crippen LogP) is 1.94. The van der Waals surface area contributed by atoms with E-state index >= 15 is 0 Å². The number of nitrogens with zero attached hydrogens (tertiary/aromatic N) is 2. The van der Waals surface area contributed by atoms with E-state index in [9.17, 15) is 13.2 Å². The SMILES string of the molecule is COc1cc(C(F)(F)F)cnc1N1CCNCC1.Cl. The Morgan fingerprint density at radius 2 is 1.95 bits per heavy atom. The van der Waals surface area contributed by atoms with Crippen molar-refractivity contribution in [2.75, 3.05) is 38.2 Å². The summed E-state index contributed by atoms with van der Waals surface area (Å²) in [6.07, 6.45) is -3.55. The Morgan fingerprint density at radius 3 is 2.47 bits per heavy atom. The number of nitrogens with one attached hydrogen (secondary N) is 1. The van der Waals surface area contributed by atoms with Gasteiger partial charge in [0.2, 0.25) is 0 Å². The van der Waals surface area contributed by atoms with Gasteiger partial charge in [0.25, 0.3) is 0 Å². The molecule has 0 atom stereocenters. The molecule has 4 nitrogen and oxygen atoms in total. The van der Waals surface area contributed by atoms with Crippen LogP contribution in [0.1, 0.15) is 5.56 Å². The van der Waals surface area contributed by atoms with E-state index in [1.54, 1.807) is 0 Å². The lowest BCUT2D eigenvalue weighted by Crippen LogP contribution is -2.44. The summed E-state index contributed by atoms with van der Waals surface area (Å²) in [7, 11) is 1.35. The number of hydrogen-bond acceptors (Lipinski definition) is 4. The first-order chi connectivity index (χ1) is 8.52. The molecule has 0 unspecified atom stereocenters. The van der Waals surface area contributed by atoms with Gasteiger partial charge in [0.15, 0.2) is 11.6 Å². The van der Waals surface area contributed by atoms with Gasteiger partial charge in [0.1, 0.15) is 0 Å². The van der Waals surface area contributed by atoms with Gasteiger partial charge in [0, 0.05) is 32.4 Å². The molecule has 1 saturated heterocycles. The van der Waals surface area contributed by atoms with E-state index in [-0.39, 0.29) is 18.2 Å². The third kappa shape index (κ3) is 3.63. The maximum Gasteiger partial charge on any atom is 0.418 e. The Balaban J connectivity index is 0.00000180. The number of hydrogen-bond donors (Lipinski definition) is 1. The number of rotatable bonds is 2. The second kappa shape index (κ2) is 6.29. The summed E-state index contributed by atoms with van der Waals surface area (Å²) in [5.41, 5.74) is -0.793. The van der Waals surface area contributed by atoms with E-state index in [1.807, 2.05) is 4.90 Å². The number of pyridine rings is 1. The standard InChI is InChI=1S/C11H14F3N3O.ClH/c1-18-9-6-8(11(12,13)14)7-16-10(9)17-4-2-15-3-5-17;/h6-7,15H,2-5H2,1H3;1H. The van der Waals surface area contributed by atoms with Crippen LogP contribution in [0.4, 0.5) is 19.0 Å². The summed E-state index contributed by atoms with van der Waals surface area (Å²) < 4.78 is 42.7. The fourth-order valence-corrected chi connectivity index (χ4v) is 1.86. The van der Waals surface area contributed by atoms with Crippen molar-refractivity contribution >= 4 is 18.2 Å². The molecule has 2 heterocycles. The minimum atomic E-state index is -4.40. The van der Waals surface area contributed by atoms with Gasteiger partial charge in [-0.3, -0.25) is 0 Å². The van der Waals surface area contributed by atoms with Crippen molar-refractivity contribution in [2.24, 2.45) is 0 Å². The fourth-order valence-electron chi connectivity index (χ4n) is 1.86. The zero-order valence-corrected chi connectivity index (χ0v) is 11.1. The number of methoxy groups -OCH3 is 1. The largest absolute Gasteiger partial charge is 0.493 e. The van der Waals surface area contributed by atoms with Crippen molar-refractivity contribution in [1.29, 1.82) is 0 Å². The Labute approximate surface area is 115 Å². The number of alkyl halides is 3. The molecule has 1 aromatic rings. The van der Waals surface area contributed by atoms with Gasteiger partial charge in [-0.25, -0.2) is 4.98 Å². The van der Waals surface area contributed by atoms with Crippen LogP contribution in [0.5, 0.6) is 5.75 Å². The van der Waals surface area contributed by atoms with Crippen molar-refractivity contribution in [3.05, 3.63) is 17.8 Å². The smallest absolute Gasteiger partial charge is 0.418 e. The van der Waals surface area contributed by atoms with Crippen molar-refractivity contribution in [3.63, 3.8) is 0 Å². The minimum absolute atomic E-state index is 0. The highest BCUT2D eigenvalue weighted by atomic mass is 35.5. The topological polar surface area (TPSA) is 37.4 Å². The van der Waals surface area contributed by atoms with Gasteiger partial charge < -0.3 is 15.0 Å². The van der Waals surface area contributed by atoms with Crippen molar-refractivity contribution < 1.29 is 17.9 Å². The predicted molar refractivity (Wildman–Crippen MR) is 68.1 cm³/mol. The Kier molecular flexibility index (Phi) is 5.25. The van der Waals surface area contributed by atoms with Crippen molar-refractivity contribution in [1.82, 2.24) is 10.3 Å². The lowest BCUT2D eigenvalue weighted by atomic mass is 10.2. The Hall–Kier alpha value is -1.21. The molecule has 1 N–H and O–H groups in total. The second-order valence-corrected chi connectivity index (χ2v) is 3.98. The van der Waals surface area contributed by atoms with Crippen LogP contribution in [0, 0.1) is 0 Å². The monoisotopic (exact) mass is 297 g/mol. The van der Waals surface area contributed by atoms with E-state index in [2.05, 4.69) is 10.3 Å². The summed E-state index contributed by atoms with van der Waals surface area (Å²) >= 11 is 0. The molecule has 1 aromatic heterocycles. The molecule has 1 fully saturated rings. The molecule has 0 bridgehead atoms. The van der Waals surface area contributed by atoms with E-state index < -0.39 is 11.7 Å². The number of ether oxygens (including phenoxy) is 1. The molecule has 0 aromatic carbocycles. The first-order valence-electron chi connectivity index (χ1n) is 5.59. The van der Waals surface area contributed by atoms with Gasteiger partial charge >= 0.3 is 6.18 Å². The molecule has 2 rings (SSSR count). The number of anilines is 1. The first kappa shape index (κ1) is 15.8. The molecule has 19 heavy (non-hydrogen) atoms. The van der Waals surface area contributed by atoms with Crippen LogP contribution in [-0.2, 0) is 6.18 Å². The van der Waals surface area contributed by atoms with E-state index in [0.717, 1.165) is 25.4 Å². The van der Waals surface area contributed by atoms with Crippen molar-refractivity contribution in [3.8, 4) is 5.75 Å². The summed E-state index contributed by atoms with van der Waals surface area (Å²) in [6, 6.07) is 0.990. The van der Waals surface area contributed by atoms with Crippen LogP contribution in [0.15, 0.2) is 12.3 Å². The summed E-state index contributed by atoms with van der Waals surface area (Å²) in [5, 5.41) is 3.17. The average Bonchev–Trinajstić information content (AvgIpc) is 2.38. The molecular weight excluding hydrogens is 283 g/mol. The zero-order chi connectivity index (χ0) is 13.2. The van der Waals surface area contributed by atoms with Gasteiger partial charge in [-0.15, -0.1) is 12.4 Å². The molecule has 0 saturated carbocycles. The third-order valence-electron chi connectivity index (χ3n) is 2.80. The van der Waals surface area contributed by atoms with Crippen LogP contribution in [0.3, 0.4) is 0 Å². The molecule has 0 radical (unpaired) electrons. The molecule has 8 heteroatoms. The molecule has 1 aliphatic rings. The van der Waals surface area contributed by atoms with Gasteiger partial charge in [-0.2, -0.15) is 13.2 Å². The van der Waals surface area contributed by atoms with E-state index in [0.29, 0.717) is 18.9 Å². The van der Waals surface area contributed by atoms with Crippen LogP contribution < -0.4 is 15.0 Å². The normalized spacial score (nSPS) is 15.9. The highest BCUT2D eigenvalue weighted by molar-refractivity contribution is 5.85. The molecule has 0 amide bonds. The van der Waals surface area contributed by atoms with E-state index in [4.69, 9.17) is 4.74 Å². The molecule has 1 aliphatic heterocycles. The lowest BCUT2D eigenvalue weighted by Gasteiger charge is -2.29. The molecule has 108 valence electrons. The van der Waals surface area contributed by atoms with Crippen LogP contribution in [0.2, 0.25) is 0 Å². The zero-order valence-electron chi connectivity index (χ0n) is 10.3. The lowest BCUT2D eigenvalue weighted by molar-refractivity contribution is -0.137. The number of halogens is 4. The molecular formula is C11H15ClF3N3O. The third-order valence-corrected chi connectivity index (χ3v) is 2.80. The van der Waals surface area contributed by atoms with Crippen LogP contribution in [0.25, 0.3) is 0 Å².